The number of esters is 1. The number of Topliss-reactive ketones (excluding diaryl/α,β-unsaturated/α-hetero) is 1. The summed E-state index contributed by atoms with van der Waals surface area (Å²) in [4.78, 5) is 23.9. The number of nitrogens with one attached hydrogen (secondary N) is 2. The Morgan fingerprint density at radius 2 is 1.13 bits per heavy atom. The number of nitrogens with zero attached hydrogens (tertiary/aromatic N) is 2. The average molecular weight is 1120 g/mol. The highest BCUT2D eigenvalue weighted by Gasteiger charge is 2.29. The maximum Gasteiger partial charge on any atom is 0.375 e. The van der Waals surface area contributed by atoms with E-state index in [0.717, 1.165) is 27.4 Å². The zero-order valence-electron chi connectivity index (χ0n) is 28.1. The fraction of sp³-hybridized carbons (Fsp3) is 0.200. The molecule has 282 valence electrons. The van der Waals surface area contributed by atoms with Gasteiger partial charge in [0.25, 0.3) is 20.0 Å². The molecule has 0 saturated heterocycles. The van der Waals surface area contributed by atoms with Gasteiger partial charge in [0, 0.05) is 52.6 Å². The lowest BCUT2D eigenvalue weighted by Crippen LogP contribution is -2.30. The summed E-state index contributed by atoms with van der Waals surface area (Å²) in [6, 6.07) is 28.6. The van der Waals surface area contributed by atoms with E-state index in [1.54, 1.807) is 43.3 Å². The first kappa shape index (κ1) is 44.6. The number of para-hydroxylation sites is 2. The monoisotopic (exact) mass is 1110 g/mol. The number of anilines is 2. The van der Waals surface area contributed by atoms with Gasteiger partial charge in [-0.2, -0.15) is 16.8 Å². The van der Waals surface area contributed by atoms with Gasteiger partial charge in [-0.1, -0.05) is 92.5 Å². The van der Waals surface area contributed by atoms with Crippen molar-refractivity contribution >= 4 is 124 Å². The minimum atomic E-state index is -3.83. The Morgan fingerprint density at radius 3 is 1.62 bits per heavy atom. The molecule has 4 N–H and O–H groups in total. The molecule has 0 saturated carbocycles. The van der Waals surface area contributed by atoms with Crippen LogP contribution in [0.5, 0.6) is 0 Å². The highest BCUT2D eigenvalue weighted by Crippen LogP contribution is 2.28. The van der Waals surface area contributed by atoms with Gasteiger partial charge in [0.15, 0.2) is 11.6 Å². The number of sulfonamides is 2. The van der Waals surface area contributed by atoms with E-state index in [1.807, 2.05) is 42.5 Å². The van der Waals surface area contributed by atoms with E-state index in [4.69, 9.17) is 10.5 Å². The highest BCUT2D eigenvalue weighted by molar-refractivity contribution is 15.0. The molecule has 0 radical (unpaired) electrons. The van der Waals surface area contributed by atoms with Crippen LogP contribution in [-0.2, 0) is 47.2 Å². The molecule has 0 aliphatic carbocycles. The lowest BCUT2D eigenvalue weighted by atomic mass is 10.1. The Morgan fingerprint density at radius 1 is 0.698 bits per heavy atom. The van der Waals surface area contributed by atoms with Gasteiger partial charge >= 0.3 is 5.97 Å². The number of carbonyl (C=O) groups excluding carboxylic acids is 2. The maximum atomic E-state index is 12.3. The highest BCUT2D eigenvalue weighted by atomic mass is 128. The molecule has 2 aliphatic heterocycles. The zero-order chi connectivity index (χ0) is 39.0. The van der Waals surface area contributed by atoms with E-state index in [0.29, 0.717) is 24.3 Å². The van der Waals surface area contributed by atoms with Gasteiger partial charge in [-0.3, -0.25) is 4.79 Å². The van der Waals surface area contributed by atoms with Gasteiger partial charge in [0.1, 0.15) is 9.79 Å². The lowest BCUT2D eigenvalue weighted by molar-refractivity contribution is -0.135. The Labute approximate surface area is 349 Å². The van der Waals surface area contributed by atoms with E-state index < -0.39 is 26.0 Å². The van der Waals surface area contributed by atoms with Crippen molar-refractivity contribution in [1.29, 1.82) is 0 Å². The summed E-state index contributed by atoms with van der Waals surface area (Å²) < 4.78 is 61.6. The summed E-state index contributed by atoms with van der Waals surface area (Å²) in [6.45, 7) is 2.49. The molecule has 4 aromatic rings. The van der Waals surface area contributed by atoms with E-state index in [1.165, 1.54) is 17.7 Å². The molecule has 0 spiro atoms. The smallest absolute Gasteiger partial charge is 0.375 e. The Bertz CT molecular complexity index is 2190. The van der Waals surface area contributed by atoms with Crippen LogP contribution in [0, 0.1) is 0 Å². The number of ether oxygens (including phenoxy) is 1. The Hall–Kier alpha value is -2.76. The van der Waals surface area contributed by atoms with Crippen LogP contribution >= 0.6 is 69.1 Å². The third-order valence-electron chi connectivity index (χ3n) is 7.17. The van der Waals surface area contributed by atoms with Crippen LogP contribution in [0.4, 0.5) is 11.4 Å². The topological polar surface area (TPSA) is 186 Å². The standard InChI is InChI=1S/C17H15BrN2O3S.C10H10N2O4S.C8H10BrN.I2/c18-13-8-2-1-6-12(13)7-5-10-15(21)17-19-14-9-3-4-11-16(14)24(22,23)20-17;1-2-16-10(13)9-11-7-5-3-4-6-8(7)17(14,15)12-9;9-8-4-2-1-3-7(8)5-6-10;1-2/h1-4,6,8-9,11H,5,7,10H2,(H,19,20);3-6H,2H2,1H3,(H,11,12);1-4H,5-6,10H2;. The average Bonchev–Trinajstić information content (AvgIpc) is 3.14. The lowest BCUT2D eigenvalue weighted by Gasteiger charge is -2.17. The Balaban J connectivity index is 0.000000227. The fourth-order valence-corrected chi connectivity index (χ4v) is 7.96. The molecule has 0 fully saturated rings. The summed E-state index contributed by atoms with van der Waals surface area (Å²) >= 11 is 11.2. The van der Waals surface area contributed by atoms with Crippen LogP contribution in [0.1, 0.15) is 30.9 Å². The van der Waals surface area contributed by atoms with Gasteiger partial charge in [0.2, 0.25) is 5.84 Å². The molecule has 6 rings (SSSR count). The molecule has 12 nitrogen and oxygen atoms in total. The fourth-order valence-electron chi connectivity index (χ4n) is 4.75. The molecule has 0 amide bonds. The predicted octanol–water partition coefficient (Wildman–Crippen LogP) is 8.04. The van der Waals surface area contributed by atoms with Crippen molar-refractivity contribution < 1.29 is 31.2 Å². The van der Waals surface area contributed by atoms with E-state index in [-0.39, 0.29) is 40.3 Å². The third kappa shape index (κ3) is 13.2. The molecular weight excluding hydrogens is 1080 g/mol. The first-order valence-corrected chi connectivity index (χ1v) is 26.5. The largest absolute Gasteiger partial charge is 0.460 e. The normalized spacial score (nSPS) is 14.1. The number of aryl methyl sites for hydroxylation is 1. The van der Waals surface area contributed by atoms with Gasteiger partial charge in [-0.15, -0.1) is 8.80 Å². The molecule has 0 aromatic heterocycles. The third-order valence-corrected chi connectivity index (χ3v) is 11.4. The van der Waals surface area contributed by atoms with Crippen molar-refractivity contribution in [3.63, 3.8) is 0 Å². The van der Waals surface area contributed by atoms with E-state index in [2.05, 4.69) is 94.6 Å². The molecule has 0 atom stereocenters. The molecule has 53 heavy (non-hydrogen) atoms. The van der Waals surface area contributed by atoms with Gasteiger partial charge in [-0.25, -0.2) is 4.79 Å². The summed E-state index contributed by atoms with van der Waals surface area (Å²) in [5.41, 5.74) is 8.52. The van der Waals surface area contributed by atoms with E-state index >= 15 is 0 Å². The van der Waals surface area contributed by atoms with Crippen LogP contribution in [-0.4, -0.2) is 53.4 Å². The number of benzene rings is 4. The SMILES string of the molecule is CCOC(=O)C1=NS(=O)(=O)c2ccccc2N1.II.NCCc1ccccc1Br.O=C(CCCc1ccccc1Br)C1=NS(=O)(=O)c2ccccc2N1. The summed E-state index contributed by atoms with van der Waals surface area (Å²) in [6.07, 6.45) is 2.51. The summed E-state index contributed by atoms with van der Waals surface area (Å²) in [7, 11) is -7.65. The van der Waals surface area contributed by atoms with Crippen molar-refractivity contribution in [2.45, 2.75) is 42.4 Å². The van der Waals surface area contributed by atoms with Crippen LogP contribution in [0.2, 0.25) is 0 Å². The molecule has 18 heteroatoms. The quantitative estimate of drug-likeness (QED) is 0.109. The van der Waals surface area contributed by atoms with Crippen LogP contribution in [0.3, 0.4) is 0 Å². The first-order valence-electron chi connectivity index (χ1n) is 15.8. The molecule has 0 unspecified atom stereocenters. The number of hydrogen-bond donors (Lipinski definition) is 3. The summed E-state index contributed by atoms with van der Waals surface area (Å²) in [5, 5.41) is 5.46. The van der Waals surface area contributed by atoms with Gasteiger partial charge in [0.05, 0.1) is 18.0 Å². The molecule has 4 aromatic carbocycles. The second kappa shape index (κ2) is 22.0. The number of hydrogen-bond acceptors (Lipinski definition) is 10. The van der Waals surface area contributed by atoms with Crippen molar-refractivity contribution in [3.05, 3.63) is 117 Å². The number of amidine groups is 2. The van der Waals surface area contributed by atoms with E-state index in [9.17, 15) is 26.4 Å². The van der Waals surface area contributed by atoms with Crippen LogP contribution in [0.15, 0.2) is 125 Å². The number of nitrogens with two attached hydrogens (primary N) is 1. The number of halogens is 4. The number of carbonyl (C=O) groups is 2. The van der Waals surface area contributed by atoms with Gasteiger partial charge < -0.3 is 21.1 Å². The predicted molar refractivity (Wildman–Crippen MR) is 233 cm³/mol. The van der Waals surface area contributed by atoms with Crippen molar-refractivity contribution in [1.82, 2.24) is 0 Å². The number of ketones is 1. The van der Waals surface area contributed by atoms with Crippen LogP contribution < -0.4 is 16.4 Å². The first-order chi connectivity index (χ1) is 25.4. The molecule has 2 heterocycles. The van der Waals surface area contributed by atoms with Gasteiger partial charge in [-0.05, 0) is 80.3 Å². The number of fused-ring (bicyclic) bond motifs is 2. The second-order valence-corrected chi connectivity index (χ2v) is 15.6. The van der Waals surface area contributed by atoms with Crippen molar-refractivity contribution in [2.24, 2.45) is 14.5 Å². The molecular formula is C35H35Br2I2N5O7S2. The van der Waals surface area contributed by atoms with Crippen molar-refractivity contribution in [2.75, 3.05) is 23.8 Å². The Kier molecular flexibility index (Phi) is 18.5. The zero-order valence-corrected chi connectivity index (χ0v) is 37.3. The maximum absolute atomic E-state index is 12.3. The summed E-state index contributed by atoms with van der Waals surface area (Å²) in [5.74, 6) is -1.52. The number of rotatable bonds is 9. The van der Waals surface area contributed by atoms with Crippen LogP contribution in [0.25, 0.3) is 0 Å². The van der Waals surface area contributed by atoms with Crippen molar-refractivity contribution in [3.8, 4) is 0 Å². The molecule has 2 aliphatic rings. The minimum absolute atomic E-state index is 0.0491. The minimum Gasteiger partial charge on any atom is -0.460 e. The second-order valence-electron chi connectivity index (χ2n) is 10.8. The molecule has 0 bridgehead atoms.